The highest BCUT2D eigenvalue weighted by molar-refractivity contribution is 5.72. The molecule has 3 rings (SSSR count). The molecule has 0 unspecified atom stereocenters. The first-order valence-electron chi connectivity index (χ1n) is 7.69. The van der Waals surface area contributed by atoms with Gasteiger partial charge in [0.2, 0.25) is 0 Å². The summed E-state index contributed by atoms with van der Waals surface area (Å²) in [5, 5.41) is 0. The lowest BCUT2D eigenvalue weighted by atomic mass is 10.1. The number of hydrogen-bond acceptors (Lipinski definition) is 2. The molecule has 0 saturated heterocycles. The van der Waals surface area contributed by atoms with Crippen molar-refractivity contribution >= 4 is 5.97 Å². The molecule has 4 heteroatoms. The van der Waals surface area contributed by atoms with E-state index >= 15 is 0 Å². The van der Waals surface area contributed by atoms with Crippen molar-refractivity contribution in [3.8, 4) is 16.9 Å². The van der Waals surface area contributed by atoms with Crippen LogP contribution in [0, 0.1) is 12.7 Å². The maximum absolute atomic E-state index is 13.2. The Morgan fingerprint density at radius 1 is 1.00 bits per heavy atom. The molecule has 0 aliphatic rings. The smallest absolute Gasteiger partial charge is 0.309 e. The van der Waals surface area contributed by atoms with Crippen LogP contribution >= 0.6 is 0 Å². The van der Waals surface area contributed by atoms with Gasteiger partial charge in [0.1, 0.15) is 5.82 Å². The van der Waals surface area contributed by atoms with E-state index in [-0.39, 0.29) is 18.2 Å². The van der Waals surface area contributed by atoms with E-state index in [9.17, 15) is 9.18 Å². The highest BCUT2D eigenvalue weighted by Crippen LogP contribution is 2.26. The predicted octanol–water partition coefficient (Wildman–Crippen LogP) is 4.31. The zero-order valence-corrected chi connectivity index (χ0v) is 13.6. The van der Waals surface area contributed by atoms with E-state index in [1.807, 2.05) is 43.3 Å². The molecule has 0 bridgehead atoms. The number of carbonyl (C=O) groups excluding carboxylic acids is 1. The minimum absolute atomic E-state index is 0.249. The molecule has 24 heavy (non-hydrogen) atoms. The molecule has 1 heterocycles. The number of carbonyl (C=O) groups is 1. The molecule has 3 nitrogen and oxygen atoms in total. The molecule has 0 radical (unpaired) electrons. The van der Waals surface area contributed by atoms with Crippen molar-refractivity contribution in [2.45, 2.75) is 13.3 Å². The summed E-state index contributed by atoms with van der Waals surface area (Å²) < 4.78 is 20.0. The number of rotatable bonds is 4. The van der Waals surface area contributed by atoms with Crippen LogP contribution < -0.4 is 0 Å². The third kappa shape index (κ3) is 3.23. The SMILES string of the molecule is COC(=O)Cc1ccc(-n2c(C)ccc2-c2ccc(F)cc2)cc1. The van der Waals surface area contributed by atoms with Crippen molar-refractivity contribution < 1.29 is 13.9 Å². The van der Waals surface area contributed by atoms with Crippen LogP contribution in [0.3, 0.4) is 0 Å². The number of halogens is 1. The Hall–Kier alpha value is -2.88. The number of aryl methyl sites for hydroxylation is 1. The molecule has 0 aliphatic carbocycles. The first kappa shape index (κ1) is 16.0. The van der Waals surface area contributed by atoms with Gasteiger partial charge in [-0.05, 0) is 66.6 Å². The first-order chi connectivity index (χ1) is 11.6. The number of nitrogens with zero attached hydrogens (tertiary/aromatic N) is 1. The molecule has 0 fully saturated rings. The quantitative estimate of drug-likeness (QED) is 0.670. The van der Waals surface area contributed by atoms with Gasteiger partial charge in [0.15, 0.2) is 0 Å². The van der Waals surface area contributed by atoms with Gasteiger partial charge in [0.25, 0.3) is 0 Å². The zero-order chi connectivity index (χ0) is 17.1. The minimum Gasteiger partial charge on any atom is -0.469 e. The summed E-state index contributed by atoms with van der Waals surface area (Å²) in [7, 11) is 1.38. The Kier molecular flexibility index (Phi) is 4.47. The van der Waals surface area contributed by atoms with Crippen LogP contribution in [0.5, 0.6) is 0 Å². The summed E-state index contributed by atoms with van der Waals surface area (Å²) in [6, 6.07) is 18.3. The summed E-state index contributed by atoms with van der Waals surface area (Å²) in [6.07, 6.45) is 0.256. The van der Waals surface area contributed by atoms with E-state index in [4.69, 9.17) is 0 Å². The van der Waals surface area contributed by atoms with Gasteiger partial charge in [-0.2, -0.15) is 0 Å². The molecule has 0 aliphatic heterocycles. The van der Waals surface area contributed by atoms with Crippen LogP contribution in [0.25, 0.3) is 16.9 Å². The minimum atomic E-state index is -0.258. The fraction of sp³-hybridized carbons (Fsp3) is 0.150. The fourth-order valence-electron chi connectivity index (χ4n) is 2.73. The van der Waals surface area contributed by atoms with E-state index in [1.165, 1.54) is 19.2 Å². The van der Waals surface area contributed by atoms with Gasteiger partial charge in [-0.3, -0.25) is 4.79 Å². The molecule has 2 aromatic carbocycles. The molecule has 0 atom stereocenters. The Morgan fingerprint density at radius 2 is 1.67 bits per heavy atom. The van der Waals surface area contributed by atoms with Crippen LogP contribution in [-0.2, 0) is 16.0 Å². The topological polar surface area (TPSA) is 31.2 Å². The molecule has 3 aromatic rings. The predicted molar refractivity (Wildman–Crippen MR) is 91.6 cm³/mol. The lowest BCUT2D eigenvalue weighted by molar-refractivity contribution is -0.139. The Bertz CT molecular complexity index is 848. The summed E-state index contributed by atoms with van der Waals surface area (Å²) in [4.78, 5) is 11.4. The fourth-order valence-corrected chi connectivity index (χ4v) is 2.73. The second kappa shape index (κ2) is 6.71. The van der Waals surface area contributed by atoms with Crippen LogP contribution in [0.1, 0.15) is 11.3 Å². The molecule has 122 valence electrons. The molecule has 0 N–H and O–H groups in total. The summed E-state index contributed by atoms with van der Waals surface area (Å²) in [5.41, 5.74) is 4.91. The van der Waals surface area contributed by atoms with Gasteiger partial charge in [-0.25, -0.2) is 4.39 Å². The monoisotopic (exact) mass is 323 g/mol. The maximum atomic E-state index is 13.2. The number of benzene rings is 2. The average molecular weight is 323 g/mol. The van der Waals surface area contributed by atoms with Gasteiger partial charge in [-0.15, -0.1) is 0 Å². The highest BCUT2D eigenvalue weighted by atomic mass is 19.1. The van der Waals surface area contributed by atoms with Crippen molar-refractivity contribution in [2.75, 3.05) is 7.11 Å². The summed E-state index contributed by atoms with van der Waals surface area (Å²) in [6.45, 7) is 2.02. The number of methoxy groups -OCH3 is 1. The molecule has 0 amide bonds. The standard InChI is InChI=1S/C20H18FNO2/c1-14-3-12-19(16-6-8-17(21)9-7-16)22(14)18-10-4-15(5-11-18)13-20(23)24-2/h3-12H,13H2,1-2H3. The second-order valence-electron chi connectivity index (χ2n) is 5.62. The first-order valence-corrected chi connectivity index (χ1v) is 7.69. The summed E-state index contributed by atoms with van der Waals surface area (Å²) >= 11 is 0. The average Bonchev–Trinajstić information content (AvgIpc) is 2.98. The van der Waals surface area contributed by atoms with Crippen LogP contribution in [-0.4, -0.2) is 17.6 Å². The Balaban J connectivity index is 1.96. The van der Waals surface area contributed by atoms with E-state index in [0.29, 0.717) is 0 Å². The normalized spacial score (nSPS) is 10.6. The van der Waals surface area contributed by atoms with Crippen molar-refractivity contribution in [3.05, 3.63) is 77.7 Å². The third-order valence-electron chi connectivity index (χ3n) is 3.99. The van der Waals surface area contributed by atoms with Gasteiger partial charge in [-0.1, -0.05) is 12.1 Å². The summed E-state index contributed by atoms with van der Waals surface area (Å²) in [5.74, 6) is -0.507. The van der Waals surface area contributed by atoms with Gasteiger partial charge in [0.05, 0.1) is 19.2 Å². The van der Waals surface area contributed by atoms with E-state index in [1.54, 1.807) is 12.1 Å². The van der Waals surface area contributed by atoms with E-state index < -0.39 is 0 Å². The molecule has 0 spiro atoms. The number of hydrogen-bond donors (Lipinski definition) is 0. The third-order valence-corrected chi connectivity index (χ3v) is 3.99. The van der Waals surface area contributed by atoms with Gasteiger partial charge in [0, 0.05) is 11.4 Å². The lowest BCUT2D eigenvalue weighted by Crippen LogP contribution is -2.05. The molecule has 0 saturated carbocycles. The van der Waals surface area contributed by atoms with E-state index in [0.717, 1.165) is 28.2 Å². The second-order valence-corrected chi connectivity index (χ2v) is 5.62. The van der Waals surface area contributed by atoms with Crippen molar-refractivity contribution in [1.29, 1.82) is 0 Å². The number of esters is 1. The van der Waals surface area contributed by atoms with Crippen LogP contribution in [0.4, 0.5) is 4.39 Å². The lowest BCUT2D eigenvalue weighted by Gasteiger charge is -2.13. The van der Waals surface area contributed by atoms with Crippen molar-refractivity contribution in [1.82, 2.24) is 4.57 Å². The van der Waals surface area contributed by atoms with Crippen molar-refractivity contribution in [2.24, 2.45) is 0 Å². The Morgan fingerprint density at radius 3 is 2.29 bits per heavy atom. The molecule has 1 aromatic heterocycles. The molecular weight excluding hydrogens is 305 g/mol. The van der Waals surface area contributed by atoms with E-state index in [2.05, 4.69) is 9.30 Å². The maximum Gasteiger partial charge on any atom is 0.309 e. The number of ether oxygens (including phenoxy) is 1. The van der Waals surface area contributed by atoms with Gasteiger partial charge < -0.3 is 9.30 Å². The van der Waals surface area contributed by atoms with Crippen LogP contribution in [0.2, 0.25) is 0 Å². The zero-order valence-electron chi connectivity index (χ0n) is 13.6. The number of aromatic nitrogens is 1. The molecular formula is C20H18FNO2. The van der Waals surface area contributed by atoms with Crippen LogP contribution in [0.15, 0.2) is 60.7 Å². The largest absolute Gasteiger partial charge is 0.469 e. The van der Waals surface area contributed by atoms with Crippen molar-refractivity contribution in [3.63, 3.8) is 0 Å². The highest BCUT2D eigenvalue weighted by Gasteiger charge is 2.10. The Labute approximate surface area is 140 Å². The van der Waals surface area contributed by atoms with Gasteiger partial charge >= 0.3 is 5.97 Å².